The fourth-order valence-corrected chi connectivity index (χ4v) is 3.47. The molecule has 1 saturated heterocycles. The van der Waals surface area contributed by atoms with Crippen molar-refractivity contribution in [2.75, 3.05) is 36.0 Å². The van der Waals surface area contributed by atoms with Crippen molar-refractivity contribution in [3.05, 3.63) is 34.1 Å². The van der Waals surface area contributed by atoms with Crippen LogP contribution >= 0.6 is 11.6 Å². The van der Waals surface area contributed by atoms with E-state index in [9.17, 15) is 5.26 Å². The van der Waals surface area contributed by atoms with Crippen LogP contribution in [0.5, 0.6) is 0 Å². The summed E-state index contributed by atoms with van der Waals surface area (Å²) in [5, 5.41) is 17.7. The van der Waals surface area contributed by atoms with Gasteiger partial charge in [-0.25, -0.2) is 4.98 Å². The first-order valence-corrected chi connectivity index (χ1v) is 9.00. The first-order chi connectivity index (χ1) is 12.0. The standard InChI is InChI=1S/C18H21ClN6/c1-12-13(10-20)17(21-11-14(12)19)25-7-5-24(6-8-25)16-9-15(22-23-16)18(2)3-4-18/h9,11H,3-8H2,1-2H3,(H,22,23). The average Bonchev–Trinajstić information content (AvgIpc) is 3.18. The van der Waals surface area contributed by atoms with Crippen LogP contribution in [0, 0.1) is 18.3 Å². The summed E-state index contributed by atoms with van der Waals surface area (Å²) in [7, 11) is 0. The zero-order valence-corrected chi connectivity index (χ0v) is 15.3. The molecule has 2 fully saturated rings. The molecule has 2 aromatic heterocycles. The number of nitrogens with zero attached hydrogens (tertiary/aromatic N) is 5. The van der Waals surface area contributed by atoms with Crippen LogP contribution in [0.2, 0.25) is 5.02 Å². The average molecular weight is 357 g/mol. The minimum absolute atomic E-state index is 0.305. The number of nitriles is 1. The van der Waals surface area contributed by atoms with Crippen molar-refractivity contribution in [2.45, 2.75) is 32.1 Å². The molecule has 1 aliphatic carbocycles. The van der Waals surface area contributed by atoms with E-state index in [1.165, 1.54) is 18.5 Å². The minimum atomic E-state index is 0.305. The number of hydrogen-bond donors (Lipinski definition) is 1. The van der Waals surface area contributed by atoms with E-state index in [1.807, 2.05) is 6.92 Å². The Kier molecular flexibility index (Phi) is 3.84. The van der Waals surface area contributed by atoms with Gasteiger partial charge in [-0.2, -0.15) is 10.4 Å². The van der Waals surface area contributed by atoms with Gasteiger partial charge in [-0.1, -0.05) is 18.5 Å². The number of aromatic nitrogens is 3. The smallest absolute Gasteiger partial charge is 0.150 e. The van der Waals surface area contributed by atoms with Gasteiger partial charge in [0.25, 0.3) is 0 Å². The van der Waals surface area contributed by atoms with Crippen LogP contribution in [0.25, 0.3) is 0 Å². The summed E-state index contributed by atoms with van der Waals surface area (Å²) in [6.45, 7) is 7.47. The van der Waals surface area contributed by atoms with Crippen LogP contribution in [0.15, 0.2) is 12.3 Å². The topological polar surface area (TPSA) is 71.8 Å². The van der Waals surface area contributed by atoms with Crippen molar-refractivity contribution in [1.29, 1.82) is 5.26 Å². The molecule has 0 radical (unpaired) electrons. The molecule has 7 heteroatoms. The molecule has 0 atom stereocenters. The van der Waals surface area contributed by atoms with Gasteiger partial charge in [0, 0.05) is 49.6 Å². The summed E-state index contributed by atoms with van der Waals surface area (Å²) < 4.78 is 0. The first kappa shape index (κ1) is 16.2. The molecular weight excluding hydrogens is 336 g/mol. The van der Waals surface area contributed by atoms with E-state index in [-0.39, 0.29) is 0 Å². The Balaban J connectivity index is 1.48. The molecule has 4 rings (SSSR count). The van der Waals surface area contributed by atoms with Gasteiger partial charge in [0.05, 0.1) is 10.6 Å². The number of nitrogens with one attached hydrogen (secondary N) is 1. The molecule has 3 heterocycles. The van der Waals surface area contributed by atoms with Gasteiger partial charge in [0.1, 0.15) is 11.9 Å². The summed E-state index contributed by atoms with van der Waals surface area (Å²) >= 11 is 6.10. The maximum absolute atomic E-state index is 9.47. The van der Waals surface area contributed by atoms with E-state index >= 15 is 0 Å². The third-order valence-electron chi connectivity index (χ3n) is 5.49. The quantitative estimate of drug-likeness (QED) is 0.915. The van der Waals surface area contributed by atoms with Crippen molar-refractivity contribution in [1.82, 2.24) is 15.2 Å². The highest BCUT2D eigenvalue weighted by atomic mass is 35.5. The summed E-state index contributed by atoms with van der Waals surface area (Å²) in [4.78, 5) is 8.86. The van der Waals surface area contributed by atoms with E-state index in [4.69, 9.17) is 11.6 Å². The maximum atomic E-state index is 9.47. The Hall–Kier alpha value is -2.26. The second-order valence-corrected chi connectivity index (χ2v) is 7.62. The van der Waals surface area contributed by atoms with E-state index in [1.54, 1.807) is 6.20 Å². The molecule has 1 N–H and O–H groups in total. The highest BCUT2D eigenvalue weighted by Gasteiger charge is 2.41. The SMILES string of the molecule is Cc1c(Cl)cnc(N2CCN(c3cc(C4(C)CC4)[nH]n3)CC2)c1C#N. The Morgan fingerprint density at radius 3 is 2.56 bits per heavy atom. The number of halogens is 1. The Morgan fingerprint density at radius 2 is 1.92 bits per heavy atom. The van der Waals surface area contributed by atoms with Crippen LogP contribution in [-0.2, 0) is 5.41 Å². The Morgan fingerprint density at radius 1 is 1.24 bits per heavy atom. The number of hydrogen-bond acceptors (Lipinski definition) is 5. The maximum Gasteiger partial charge on any atom is 0.150 e. The Bertz CT molecular complexity index is 840. The zero-order chi connectivity index (χ0) is 17.6. The predicted molar refractivity (Wildman–Crippen MR) is 98.3 cm³/mol. The molecular formula is C18H21ClN6. The fourth-order valence-electron chi connectivity index (χ4n) is 3.33. The third kappa shape index (κ3) is 2.83. The summed E-state index contributed by atoms with van der Waals surface area (Å²) in [5.41, 5.74) is 2.92. The molecule has 0 bridgehead atoms. The highest BCUT2D eigenvalue weighted by Crippen LogP contribution is 2.47. The van der Waals surface area contributed by atoms with Crippen molar-refractivity contribution in [2.24, 2.45) is 0 Å². The van der Waals surface area contributed by atoms with Gasteiger partial charge in [0.15, 0.2) is 5.82 Å². The minimum Gasteiger partial charge on any atom is -0.352 e. The summed E-state index contributed by atoms with van der Waals surface area (Å²) in [6.07, 6.45) is 4.11. The number of anilines is 2. The predicted octanol–water partition coefficient (Wildman–Crippen LogP) is 3.02. The van der Waals surface area contributed by atoms with Gasteiger partial charge < -0.3 is 9.80 Å². The lowest BCUT2D eigenvalue weighted by Crippen LogP contribution is -2.47. The number of rotatable bonds is 3. The monoisotopic (exact) mass is 356 g/mol. The van der Waals surface area contributed by atoms with Gasteiger partial charge >= 0.3 is 0 Å². The van der Waals surface area contributed by atoms with E-state index in [0.717, 1.165) is 43.4 Å². The molecule has 130 valence electrons. The molecule has 1 saturated carbocycles. The normalized spacial score (nSPS) is 19.0. The molecule has 0 spiro atoms. The second kappa shape index (κ2) is 5.92. The molecule has 1 aliphatic heterocycles. The van der Waals surface area contributed by atoms with Crippen LogP contribution in [0.3, 0.4) is 0 Å². The van der Waals surface area contributed by atoms with Crippen LogP contribution < -0.4 is 9.80 Å². The molecule has 0 unspecified atom stereocenters. The van der Waals surface area contributed by atoms with E-state index in [0.29, 0.717) is 16.0 Å². The van der Waals surface area contributed by atoms with Gasteiger partial charge in [0.2, 0.25) is 0 Å². The van der Waals surface area contributed by atoms with Crippen LogP contribution in [0.4, 0.5) is 11.6 Å². The second-order valence-electron chi connectivity index (χ2n) is 7.22. The third-order valence-corrected chi connectivity index (χ3v) is 5.87. The molecule has 6 nitrogen and oxygen atoms in total. The molecule has 0 amide bonds. The first-order valence-electron chi connectivity index (χ1n) is 8.63. The largest absolute Gasteiger partial charge is 0.352 e. The number of pyridine rings is 1. The fraction of sp³-hybridized carbons (Fsp3) is 0.500. The van der Waals surface area contributed by atoms with Crippen molar-refractivity contribution in [3.63, 3.8) is 0 Å². The number of H-pyrrole nitrogens is 1. The van der Waals surface area contributed by atoms with Crippen LogP contribution in [0.1, 0.15) is 36.6 Å². The van der Waals surface area contributed by atoms with E-state index in [2.05, 4.69) is 44.0 Å². The number of aromatic amines is 1. The van der Waals surface area contributed by atoms with Gasteiger partial charge in [-0.05, 0) is 25.3 Å². The number of piperazine rings is 1. The molecule has 2 aromatic rings. The molecule has 2 aliphatic rings. The van der Waals surface area contributed by atoms with Gasteiger partial charge in [-0.15, -0.1) is 0 Å². The zero-order valence-electron chi connectivity index (χ0n) is 14.5. The van der Waals surface area contributed by atoms with Gasteiger partial charge in [-0.3, -0.25) is 5.10 Å². The summed E-state index contributed by atoms with van der Waals surface area (Å²) in [6, 6.07) is 4.44. The van der Waals surface area contributed by atoms with Crippen molar-refractivity contribution in [3.8, 4) is 6.07 Å². The lowest BCUT2D eigenvalue weighted by atomic mass is 10.1. The Labute approximate surface area is 152 Å². The van der Waals surface area contributed by atoms with Crippen LogP contribution in [-0.4, -0.2) is 41.4 Å². The van der Waals surface area contributed by atoms with Crippen molar-refractivity contribution >= 4 is 23.2 Å². The lowest BCUT2D eigenvalue weighted by Gasteiger charge is -2.36. The molecule has 0 aromatic carbocycles. The summed E-state index contributed by atoms with van der Waals surface area (Å²) in [5.74, 6) is 1.75. The molecule has 25 heavy (non-hydrogen) atoms. The highest BCUT2D eigenvalue weighted by molar-refractivity contribution is 6.31. The van der Waals surface area contributed by atoms with Crippen molar-refractivity contribution < 1.29 is 0 Å². The van der Waals surface area contributed by atoms with E-state index < -0.39 is 0 Å². The lowest BCUT2D eigenvalue weighted by molar-refractivity contribution is 0.640.